The third-order valence-corrected chi connectivity index (χ3v) is 1.17. The topological polar surface area (TPSA) is 38.9 Å². The second-order valence-electron chi connectivity index (χ2n) is 2.43. The third-order valence-electron chi connectivity index (χ3n) is 1.17. The average molecular weight is 139 g/mol. The lowest BCUT2D eigenvalue weighted by Gasteiger charge is -2.02. The van der Waals surface area contributed by atoms with Crippen molar-refractivity contribution in [1.29, 1.82) is 0 Å². The molecule has 0 aliphatic rings. The maximum absolute atomic E-state index is 7.55. The van der Waals surface area contributed by atoms with Crippen LogP contribution in [0.3, 0.4) is 0 Å². The molecule has 0 saturated carbocycles. The minimum Gasteiger partial charge on any atom is -0.397 e. The number of nitrogen functional groups attached to an aromatic ring is 1. The fourth-order valence-electron chi connectivity index (χ4n) is 0.581. The molecule has 0 atom stereocenters. The molecule has 0 bridgehead atoms. The molecule has 0 spiro atoms. The van der Waals surface area contributed by atoms with Gasteiger partial charge in [0.05, 0.1) is 16.0 Å². The molecule has 0 saturated heterocycles. The molecule has 2 nitrogen and oxygen atoms in total. The van der Waals surface area contributed by atoms with Crippen LogP contribution in [0.1, 0.15) is 29.6 Å². The van der Waals surface area contributed by atoms with Gasteiger partial charge in [0.2, 0.25) is 0 Å². The molecule has 0 fully saturated rings. The van der Waals surface area contributed by atoms with Gasteiger partial charge in [-0.05, 0) is 18.0 Å². The molecule has 1 aromatic heterocycles. The Kier molecular flexibility index (Phi) is 1.07. The number of nitrogens with two attached hydrogens (primary N) is 1. The minimum absolute atomic E-state index is 0.0191. The van der Waals surface area contributed by atoms with Gasteiger partial charge in [-0.2, -0.15) is 0 Å². The van der Waals surface area contributed by atoms with Crippen molar-refractivity contribution in [2.75, 3.05) is 5.73 Å². The van der Waals surface area contributed by atoms with Crippen LogP contribution in [0.5, 0.6) is 0 Å². The first-order valence-electron chi connectivity index (χ1n) is 4.68. The average Bonchev–Trinajstić information content (AvgIpc) is 2.07. The summed E-state index contributed by atoms with van der Waals surface area (Å²) in [5.74, 6) is 0.0429. The minimum atomic E-state index is -0.107. The number of hydrogen-bond donors (Lipinski definition) is 1. The molecular formula is C8H12N2. The summed E-state index contributed by atoms with van der Waals surface area (Å²) in [6.45, 7) is 3.74. The standard InChI is InChI=1S/C8H12N2/c1-6(2)8-4-3-7(9)5-10-8/h3-6H,9H2,1-2H3/i3D,4D,5D. The molecule has 1 rings (SSSR count). The Morgan fingerprint density at radius 3 is 2.90 bits per heavy atom. The molecule has 0 aliphatic heterocycles. The van der Waals surface area contributed by atoms with E-state index in [-0.39, 0.29) is 29.9 Å². The van der Waals surface area contributed by atoms with E-state index in [0.717, 1.165) is 0 Å². The van der Waals surface area contributed by atoms with Gasteiger partial charge in [0.1, 0.15) is 0 Å². The van der Waals surface area contributed by atoms with Gasteiger partial charge in [-0.15, -0.1) is 0 Å². The normalized spacial score (nSPS) is 14.5. The van der Waals surface area contributed by atoms with Crippen molar-refractivity contribution in [1.82, 2.24) is 4.98 Å². The molecule has 0 amide bonds. The van der Waals surface area contributed by atoms with Crippen LogP contribution in [0.15, 0.2) is 18.3 Å². The number of anilines is 1. The zero-order valence-corrected chi connectivity index (χ0v) is 6.10. The summed E-state index contributed by atoms with van der Waals surface area (Å²) in [6, 6.07) is -0.0628. The van der Waals surface area contributed by atoms with Gasteiger partial charge in [0.15, 0.2) is 0 Å². The summed E-state index contributed by atoms with van der Waals surface area (Å²) in [6.07, 6.45) is -0.107. The lowest BCUT2D eigenvalue weighted by molar-refractivity contribution is 0.823. The van der Waals surface area contributed by atoms with Crippen molar-refractivity contribution in [3.05, 3.63) is 24.0 Å². The van der Waals surface area contributed by atoms with Crippen LogP contribution in [-0.2, 0) is 0 Å². The van der Waals surface area contributed by atoms with Gasteiger partial charge >= 0.3 is 0 Å². The molecule has 2 N–H and O–H groups in total. The zero-order valence-electron chi connectivity index (χ0n) is 9.10. The van der Waals surface area contributed by atoms with Crippen molar-refractivity contribution < 1.29 is 4.11 Å². The molecule has 0 unspecified atom stereocenters. The molecule has 0 aliphatic carbocycles. The van der Waals surface area contributed by atoms with Gasteiger partial charge in [0.25, 0.3) is 0 Å². The Morgan fingerprint density at radius 2 is 2.30 bits per heavy atom. The fraction of sp³-hybridized carbons (Fsp3) is 0.375. The quantitative estimate of drug-likeness (QED) is 0.644. The van der Waals surface area contributed by atoms with Crippen LogP contribution in [0.2, 0.25) is 0 Å². The summed E-state index contributed by atoms with van der Waals surface area (Å²) < 4.78 is 22.3. The van der Waals surface area contributed by atoms with E-state index < -0.39 is 0 Å². The SMILES string of the molecule is [2H]c1nc(C(C)C)c([2H])c([2H])c1N. The van der Waals surface area contributed by atoms with Gasteiger partial charge in [-0.25, -0.2) is 0 Å². The van der Waals surface area contributed by atoms with E-state index >= 15 is 0 Å². The number of hydrogen-bond acceptors (Lipinski definition) is 2. The highest BCUT2D eigenvalue weighted by Gasteiger charge is 1.97. The summed E-state index contributed by atoms with van der Waals surface area (Å²) in [5.41, 5.74) is 5.84. The highest BCUT2D eigenvalue weighted by atomic mass is 14.7. The molecule has 1 heterocycles. The maximum Gasteiger partial charge on any atom is 0.0862 e. The summed E-state index contributed by atoms with van der Waals surface area (Å²) in [4.78, 5) is 3.87. The first kappa shape index (κ1) is 3.96. The second kappa shape index (κ2) is 2.69. The molecule has 0 radical (unpaired) electrons. The van der Waals surface area contributed by atoms with Crippen LogP contribution < -0.4 is 5.73 Å². The van der Waals surface area contributed by atoms with Crippen LogP contribution in [0, 0.1) is 0 Å². The number of aromatic nitrogens is 1. The highest BCUT2D eigenvalue weighted by molar-refractivity contribution is 5.34. The molecular weight excluding hydrogens is 124 g/mol. The van der Waals surface area contributed by atoms with Crippen LogP contribution >= 0.6 is 0 Å². The van der Waals surface area contributed by atoms with Gasteiger partial charge in [-0.1, -0.05) is 13.8 Å². The second-order valence-corrected chi connectivity index (χ2v) is 2.43. The Hall–Kier alpha value is -1.05. The van der Waals surface area contributed by atoms with Crippen LogP contribution in [0.4, 0.5) is 5.69 Å². The number of pyridine rings is 1. The lowest BCUT2D eigenvalue weighted by Crippen LogP contribution is -1.93. The predicted molar refractivity (Wildman–Crippen MR) is 42.7 cm³/mol. The molecule has 2 heteroatoms. The van der Waals surface area contributed by atoms with E-state index in [4.69, 9.17) is 9.85 Å². The van der Waals surface area contributed by atoms with Crippen molar-refractivity contribution in [2.24, 2.45) is 0 Å². The number of nitrogens with zero attached hydrogens (tertiary/aromatic N) is 1. The fourth-order valence-corrected chi connectivity index (χ4v) is 0.581. The van der Waals surface area contributed by atoms with E-state index in [1.807, 2.05) is 13.8 Å². The summed E-state index contributed by atoms with van der Waals surface area (Å²) >= 11 is 0. The summed E-state index contributed by atoms with van der Waals surface area (Å²) in [7, 11) is 0. The Balaban J connectivity index is 3.41. The molecule has 1 aromatic rings. The first-order valence-corrected chi connectivity index (χ1v) is 3.18. The Morgan fingerprint density at radius 1 is 1.60 bits per heavy atom. The van der Waals surface area contributed by atoms with E-state index in [0.29, 0.717) is 5.69 Å². The molecule has 54 valence electrons. The van der Waals surface area contributed by atoms with E-state index in [1.165, 1.54) is 0 Å². The van der Waals surface area contributed by atoms with Gasteiger partial charge in [-0.3, -0.25) is 4.98 Å². The Bertz CT molecular complexity index is 337. The first-order chi connectivity index (χ1) is 5.95. The lowest BCUT2D eigenvalue weighted by atomic mass is 10.1. The van der Waals surface area contributed by atoms with Crippen molar-refractivity contribution in [2.45, 2.75) is 19.8 Å². The van der Waals surface area contributed by atoms with E-state index in [9.17, 15) is 0 Å². The van der Waals surface area contributed by atoms with Gasteiger partial charge in [0, 0.05) is 5.69 Å². The largest absolute Gasteiger partial charge is 0.397 e. The van der Waals surface area contributed by atoms with Gasteiger partial charge < -0.3 is 5.73 Å². The highest BCUT2D eigenvalue weighted by Crippen LogP contribution is 2.11. The Labute approximate surface area is 65.3 Å². The third kappa shape index (κ3) is 1.47. The summed E-state index contributed by atoms with van der Waals surface area (Å²) in [5, 5.41) is 0. The number of rotatable bonds is 1. The van der Waals surface area contributed by atoms with Crippen LogP contribution in [0.25, 0.3) is 0 Å². The van der Waals surface area contributed by atoms with Crippen LogP contribution in [-0.4, -0.2) is 4.98 Å². The van der Waals surface area contributed by atoms with Crippen molar-refractivity contribution in [3.63, 3.8) is 0 Å². The monoisotopic (exact) mass is 139 g/mol. The van der Waals surface area contributed by atoms with Crippen molar-refractivity contribution in [3.8, 4) is 0 Å². The van der Waals surface area contributed by atoms with E-state index in [1.54, 1.807) is 0 Å². The predicted octanol–water partition coefficient (Wildman–Crippen LogP) is 1.79. The molecule has 0 aromatic carbocycles. The zero-order chi connectivity index (χ0) is 10.2. The maximum atomic E-state index is 7.55. The smallest absolute Gasteiger partial charge is 0.0862 e. The van der Waals surface area contributed by atoms with Crippen molar-refractivity contribution >= 4 is 5.69 Å². The molecule has 10 heavy (non-hydrogen) atoms. The van der Waals surface area contributed by atoms with E-state index in [2.05, 4.69) is 4.98 Å².